The summed E-state index contributed by atoms with van der Waals surface area (Å²) < 4.78 is 10.8. The molecule has 3 N–H and O–H groups in total. The van der Waals surface area contributed by atoms with Crippen molar-refractivity contribution in [1.29, 1.82) is 0 Å². The Balaban J connectivity index is 1.38. The van der Waals surface area contributed by atoms with Gasteiger partial charge in [0.25, 0.3) is 0 Å². The number of H-pyrrole nitrogens is 1. The number of aromatic amines is 1. The van der Waals surface area contributed by atoms with E-state index in [-0.39, 0.29) is 25.7 Å². The first-order chi connectivity index (χ1) is 14.5. The van der Waals surface area contributed by atoms with Crippen LogP contribution in [0.15, 0.2) is 30.5 Å². The molecule has 0 bridgehead atoms. The van der Waals surface area contributed by atoms with Gasteiger partial charge < -0.3 is 29.8 Å². The van der Waals surface area contributed by atoms with E-state index in [9.17, 15) is 19.5 Å². The Bertz CT molecular complexity index is 896. The fourth-order valence-corrected chi connectivity index (χ4v) is 3.71. The molecule has 30 heavy (non-hydrogen) atoms. The lowest BCUT2D eigenvalue weighted by atomic mass is 9.96. The van der Waals surface area contributed by atoms with Crippen molar-refractivity contribution < 1.29 is 29.0 Å². The number of ether oxygens (including phenoxy) is 2. The number of carbonyl (C=O) groups excluding carboxylic acids is 2. The lowest BCUT2D eigenvalue weighted by Crippen LogP contribution is -2.40. The summed E-state index contributed by atoms with van der Waals surface area (Å²) in [5.41, 5.74) is 1.63. The lowest BCUT2D eigenvalue weighted by Gasteiger charge is -2.23. The van der Waals surface area contributed by atoms with Crippen LogP contribution in [-0.2, 0) is 19.1 Å². The summed E-state index contributed by atoms with van der Waals surface area (Å²) in [6, 6.07) is 7.57. The molecular formula is C21H27N3O6. The van der Waals surface area contributed by atoms with Crippen LogP contribution in [0.1, 0.15) is 37.7 Å². The first-order valence-corrected chi connectivity index (χ1v) is 10.1. The van der Waals surface area contributed by atoms with Crippen molar-refractivity contribution in [2.45, 2.75) is 38.3 Å². The van der Waals surface area contributed by atoms with E-state index in [0.717, 1.165) is 22.9 Å². The molecule has 1 aromatic carbocycles. The number of rotatable bonds is 9. The number of nitrogens with one attached hydrogen (secondary N) is 2. The maximum absolute atomic E-state index is 11.9. The lowest BCUT2D eigenvalue weighted by molar-refractivity contribution is -0.139. The average molecular weight is 417 g/mol. The molecule has 2 atom stereocenters. The van der Waals surface area contributed by atoms with E-state index in [1.807, 2.05) is 24.3 Å². The summed E-state index contributed by atoms with van der Waals surface area (Å²) in [4.78, 5) is 39.7. The van der Waals surface area contributed by atoms with Crippen LogP contribution < -0.4 is 5.32 Å². The second-order valence-corrected chi connectivity index (χ2v) is 7.22. The third-order valence-electron chi connectivity index (χ3n) is 5.21. The minimum absolute atomic E-state index is 0.114. The number of hydrogen-bond donors (Lipinski definition) is 3. The first-order valence-electron chi connectivity index (χ1n) is 10.1. The molecule has 2 heterocycles. The fourth-order valence-electron chi connectivity index (χ4n) is 3.71. The highest BCUT2D eigenvalue weighted by Gasteiger charge is 2.29. The van der Waals surface area contributed by atoms with Crippen LogP contribution in [0, 0.1) is 0 Å². The number of alkyl carbamates (subject to hydrolysis) is 1. The van der Waals surface area contributed by atoms with Gasteiger partial charge in [0.1, 0.15) is 0 Å². The third kappa shape index (κ3) is 5.29. The van der Waals surface area contributed by atoms with Gasteiger partial charge in [-0.25, -0.2) is 4.79 Å². The van der Waals surface area contributed by atoms with Gasteiger partial charge in [-0.05, 0) is 24.5 Å². The Hall–Kier alpha value is -3.07. The molecule has 0 spiro atoms. The number of hydrogen-bond acceptors (Lipinski definition) is 5. The van der Waals surface area contributed by atoms with Crippen molar-refractivity contribution >= 4 is 28.9 Å². The van der Waals surface area contributed by atoms with E-state index < -0.39 is 24.2 Å². The second kappa shape index (κ2) is 10.1. The van der Waals surface area contributed by atoms with E-state index in [4.69, 9.17) is 9.47 Å². The van der Waals surface area contributed by atoms with Gasteiger partial charge in [0, 0.05) is 50.1 Å². The normalized spacial score (nSPS) is 17.1. The number of benzene rings is 1. The maximum Gasteiger partial charge on any atom is 0.409 e. The number of aliphatic carboxylic acids is 1. The summed E-state index contributed by atoms with van der Waals surface area (Å²) in [5.74, 6) is -1.70. The van der Waals surface area contributed by atoms with Gasteiger partial charge in [0.05, 0.1) is 12.5 Å². The van der Waals surface area contributed by atoms with Gasteiger partial charge in [-0.1, -0.05) is 18.2 Å². The summed E-state index contributed by atoms with van der Waals surface area (Å²) in [6.07, 6.45) is 2.37. The van der Waals surface area contributed by atoms with Crippen molar-refractivity contribution in [2.75, 3.05) is 26.3 Å². The largest absolute Gasteiger partial charge is 0.481 e. The number of likely N-dealkylation sites (tertiary alicyclic amines) is 1. The van der Waals surface area contributed by atoms with Crippen molar-refractivity contribution in [2.24, 2.45) is 0 Å². The zero-order chi connectivity index (χ0) is 21.5. The van der Waals surface area contributed by atoms with Gasteiger partial charge in [-0.3, -0.25) is 9.59 Å². The predicted molar refractivity (Wildman–Crippen MR) is 109 cm³/mol. The number of amides is 2. The van der Waals surface area contributed by atoms with Crippen molar-refractivity contribution in [3.63, 3.8) is 0 Å². The van der Waals surface area contributed by atoms with E-state index >= 15 is 0 Å². The van der Waals surface area contributed by atoms with Crippen LogP contribution in [-0.4, -0.2) is 65.5 Å². The molecule has 9 heteroatoms. The first kappa shape index (κ1) is 21.6. The topological polar surface area (TPSA) is 121 Å². The van der Waals surface area contributed by atoms with E-state index in [1.165, 1.54) is 11.8 Å². The Labute approximate surface area is 174 Å². The van der Waals surface area contributed by atoms with Gasteiger partial charge in [-0.2, -0.15) is 0 Å². The quantitative estimate of drug-likeness (QED) is 0.539. The molecular weight excluding hydrogens is 390 g/mol. The van der Waals surface area contributed by atoms with Crippen molar-refractivity contribution in [1.82, 2.24) is 15.2 Å². The molecule has 2 unspecified atom stereocenters. The molecule has 2 amide bonds. The number of para-hydroxylation sites is 1. The second-order valence-electron chi connectivity index (χ2n) is 7.22. The van der Waals surface area contributed by atoms with Crippen LogP contribution in [0.2, 0.25) is 0 Å². The standard InChI is InChI=1S/C21H27N3O6/c1-14(25)24-10-4-7-19(24)30-21(28)22-9-12-29-11-8-16(20(26)27)17-13-23-18-6-3-2-5-15(17)18/h2-3,5-6,13,16,19,23H,4,7-12H2,1H3,(H,22,28)(H,26,27). The van der Waals surface area contributed by atoms with Gasteiger partial charge in [0.2, 0.25) is 5.91 Å². The van der Waals surface area contributed by atoms with E-state index in [2.05, 4.69) is 10.3 Å². The number of carbonyl (C=O) groups is 3. The number of carboxylic acids is 1. The zero-order valence-corrected chi connectivity index (χ0v) is 16.9. The van der Waals surface area contributed by atoms with Crippen molar-refractivity contribution in [3.8, 4) is 0 Å². The highest BCUT2D eigenvalue weighted by molar-refractivity contribution is 5.89. The summed E-state index contributed by atoms with van der Waals surface area (Å²) in [6.45, 7) is 2.76. The minimum Gasteiger partial charge on any atom is -0.481 e. The SMILES string of the molecule is CC(=O)N1CCCC1OC(=O)NCCOCCC(C(=O)O)c1c[nH]c2ccccc12. The third-order valence-corrected chi connectivity index (χ3v) is 5.21. The average Bonchev–Trinajstić information content (AvgIpc) is 3.34. The summed E-state index contributed by atoms with van der Waals surface area (Å²) in [5, 5.41) is 13.1. The number of nitrogens with zero attached hydrogens (tertiary/aromatic N) is 1. The Kier molecular flexibility index (Phi) is 7.29. The van der Waals surface area contributed by atoms with E-state index in [0.29, 0.717) is 19.4 Å². The molecule has 2 aromatic rings. The molecule has 3 rings (SSSR count). The van der Waals surface area contributed by atoms with Gasteiger partial charge >= 0.3 is 12.1 Å². The number of aromatic nitrogens is 1. The van der Waals surface area contributed by atoms with Crippen molar-refractivity contribution in [3.05, 3.63) is 36.0 Å². The summed E-state index contributed by atoms with van der Waals surface area (Å²) >= 11 is 0. The molecule has 0 radical (unpaired) electrons. The number of fused-ring (bicyclic) bond motifs is 1. The Morgan fingerprint density at radius 2 is 2.10 bits per heavy atom. The predicted octanol–water partition coefficient (Wildman–Crippen LogP) is 2.44. The zero-order valence-electron chi connectivity index (χ0n) is 16.9. The van der Waals surface area contributed by atoms with Crippen LogP contribution in [0.4, 0.5) is 4.79 Å². The molecule has 162 valence electrons. The molecule has 1 aromatic heterocycles. The van der Waals surface area contributed by atoms with E-state index in [1.54, 1.807) is 6.20 Å². The molecule has 1 aliphatic heterocycles. The molecule has 9 nitrogen and oxygen atoms in total. The molecule has 1 saturated heterocycles. The Morgan fingerprint density at radius 1 is 1.30 bits per heavy atom. The molecule has 0 aliphatic carbocycles. The fraction of sp³-hybridized carbons (Fsp3) is 0.476. The molecule has 1 aliphatic rings. The Morgan fingerprint density at radius 3 is 2.87 bits per heavy atom. The monoisotopic (exact) mass is 417 g/mol. The highest BCUT2D eigenvalue weighted by atomic mass is 16.6. The van der Waals surface area contributed by atoms with Crippen LogP contribution >= 0.6 is 0 Å². The van der Waals surface area contributed by atoms with Gasteiger partial charge in [0.15, 0.2) is 6.23 Å². The smallest absolute Gasteiger partial charge is 0.409 e. The number of carboxylic acid groups (broad SMARTS) is 1. The highest BCUT2D eigenvalue weighted by Crippen LogP contribution is 2.28. The summed E-state index contributed by atoms with van der Waals surface area (Å²) in [7, 11) is 0. The molecule has 1 fully saturated rings. The van der Waals surface area contributed by atoms with Gasteiger partial charge in [-0.15, -0.1) is 0 Å². The maximum atomic E-state index is 11.9. The van der Waals surface area contributed by atoms with Crippen LogP contribution in [0.25, 0.3) is 10.9 Å². The van der Waals surface area contributed by atoms with Crippen LogP contribution in [0.5, 0.6) is 0 Å². The minimum atomic E-state index is -0.906. The van der Waals surface area contributed by atoms with Crippen LogP contribution in [0.3, 0.4) is 0 Å². The molecule has 0 saturated carbocycles.